The van der Waals surface area contributed by atoms with Gasteiger partial charge in [0.25, 0.3) is 0 Å². The number of imidazole rings is 1. The summed E-state index contributed by atoms with van der Waals surface area (Å²) in [5.41, 5.74) is 9.51. The molecule has 2 N–H and O–H groups in total. The van der Waals surface area contributed by atoms with Crippen molar-refractivity contribution in [2.75, 3.05) is 26.0 Å². The van der Waals surface area contributed by atoms with E-state index in [1.54, 1.807) is 12.0 Å². The van der Waals surface area contributed by atoms with Crippen LogP contribution < -0.4 is 5.73 Å². The van der Waals surface area contributed by atoms with E-state index in [2.05, 4.69) is 26.8 Å². The summed E-state index contributed by atoms with van der Waals surface area (Å²) in [6, 6.07) is 5.74. The molecule has 11 heteroatoms. The highest BCUT2D eigenvalue weighted by Gasteiger charge is 2.39. The number of likely N-dealkylation sites (tertiary alicyclic amines) is 1. The van der Waals surface area contributed by atoms with Gasteiger partial charge in [-0.1, -0.05) is 5.92 Å². The summed E-state index contributed by atoms with van der Waals surface area (Å²) in [6.45, 7) is 8.51. The molecule has 0 aliphatic carbocycles. The van der Waals surface area contributed by atoms with Crippen molar-refractivity contribution in [3.63, 3.8) is 0 Å². The number of rotatable bonds is 4. The molecule has 3 aromatic heterocycles. The van der Waals surface area contributed by atoms with E-state index in [4.69, 9.17) is 20.3 Å². The van der Waals surface area contributed by atoms with E-state index in [9.17, 15) is 4.79 Å². The van der Waals surface area contributed by atoms with Crippen LogP contribution >= 0.6 is 0 Å². The first-order valence-electron chi connectivity index (χ1n) is 13.0. The van der Waals surface area contributed by atoms with Crippen LogP contribution in [-0.2, 0) is 16.5 Å². The number of ether oxygens (including phenoxy) is 2. The molecule has 39 heavy (non-hydrogen) atoms. The largest absolute Gasteiger partial charge is 0.444 e. The fourth-order valence-electron chi connectivity index (χ4n) is 5.01. The smallest absolute Gasteiger partial charge is 0.410 e. The first kappa shape index (κ1) is 26.4. The van der Waals surface area contributed by atoms with Crippen molar-refractivity contribution in [1.29, 1.82) is 0 Å². The molecule has 4 aromatic rings. The Labute approximate surface area is 227 Å². The van der Waals surface area contributed by atoms with Crippen molar-refractivity contribution in [3.8, 4) is 11.8 Å². The van der Waals surface area contributed by atoms with Gasteiger partial charge in [-0.3, -0.25) is 0 Å². The van der Waals surface area contributed by atoms with E-state index >= 15 is 0 Å². The van der Waals surface area contributed by atoms with Crippen molar-refractivity contribution in [2.24, 2.45) is 7.05 Å². The Bertz CT molecular complexity index is 1600. The minimum absolute atomic E-state index is 0.0636. The van der Waals surface area contributed by atoms with Crippen LogP contribution in [0.3, 0.4) is 0 Å². The summed E-state index contributed by atoms with van der Waals surface area (Å²) in [4.78, 5) is 28.1. The number of methoxy groups -OCH3 is 1. The number of amides is 1. The molecule has 1 fully saturated rings. The average molecular weight is 531 g/mol. The second kappa shape index (κ2) is 10.2. The van der Waals surface area contributed by atoms with E-state index in [1.165, 1.54) is 6.33 Å². The van der Waals surface area contributed by atoms with Gasteiger partial charge in [-0.2, -0.15) is 5.10 Å². The Hall–Kier alpha value is -4.17. The number of benzene rings is 1. The Morgan fingerprint density at radius 3 is 2.77 bits per heavy atom. The third-order valence-electron chi connectivity index (χ3n) is 6.97. The van der Waals surface area contributed by atoms with E-state index < -0.39 is 5.60 Å². The average Bonchev–Trinajstić information content (AvgIpc) is 3.54. The molecule has 0 saturated carbocycles. The number of aromatic nitrogens is 6. The highest BCUT2D eigenvalue weighted by Crippen LogP contribution is 2.33. The fraction of sp³-hybridized carbons (Fsp3) is 0.464. The van der Waals surface area contributed by atoms with Crippen LogP contribution in [0.2, 0.25) is 0 Å². The molecule has 5 rings (SSSR count). The maximum atomic E-state index is 13.1. The minimum atomic E-state index is -0.596. The lowest BCUT2D eigenvalue weighted by atomic mass is 10.1. The van der Waals surface area contributed by atoms with Gasteiger partial charge in [0.15, 0.2) is 5.65 Å². The van der Waals surface area contributed by atoms with E-state index in [1.807, 2.05) is 62.2 Å². The number of anilines is 1. The lowest BCUT2D eigenvalue weighted by Gasteiger charge is -2.28. The molecule has 2 atom stereocenters. The lowest BCUT2D eigenvalue weighted by Crippen LogP contribution is -2.40. The molecule has 4 heterocycles. The van der Waals surface area contributed by atoms with Gasteiger partial charge in [0, 0.05) is 38.9 Å². The predicted molar refractivity (Wildman–Crippen MR) is 148 cm³/mol. The van der Waals surface area contributed by atoms with Crippen LogP contribution in [0, 0.1) is 18.8 Å². The molecule has 1 saturated heterocycles. The van der Waals surface area contributed by atoms with Crippen molar-refractivity contribution in [3.05, 3.63) is 41.6 Å². The number of fused-ring (bicyclic) bond motifs is 2. The van der Waals surface area contributed by atoms with E-state index in [0.29, 0.717) is 48.5 Å². The third-order valence-corrected chi connectivity index (χ3v) is 6.97. The molecule has 1 aliphatic rings. The van der Waals surface area contributed by atoms with Crippen molar-refractivity contribution in [1.82, 2.24) is 34.2 Å². The molecule has 0 bridgehead atoms. The van der Waals surface area contributed by atoms with Crippen LogP contribution in [0.1, 0.15) is 56.7 Å². The number of carbonyl (C=O) groups is 1. The van der Waals surface area contributed by atoms with Crippen LogP contribution in [0.25, 0.3) is 22.1 Å². The van der Waals surface area contributed by atoms with Gasteiger partial charge in [0.2, 0.25) is 0 Å². The normalized spacial score (nSPS) is 17.5. The topological polar surface area (TPSA) is 126 Å². The maximum Gasteiger partial charge on any atom is 0.410 e. The number of nitrogen functional groups attached to an aromatic ring is 1. The summed E-state index contributed by atoms with van der Waals surface area (Å²) in [7, 11) is 3.65. The summed E-state index contributed by atoms with van der Waals surface area (Å²) in [5, 5.41) is 5.44. The van der Waals surface area contributed by atoms with Gasteiger partial charge in [0.05, 0.1) is 22.5 Å². The Morgan fingerprint density at radius 1 is 1.23 bits per heavy atom. The van der Waals surface area contributed by atoms with Gasteiger partial charge in [0.1, 0.15) is 29.3 Å². The standard InChI is InChI=1S/C28H34N8O3/c1-17-32-22-13-18(8-10-23(22)34(17)5)7-9-21-24-25(29)30-16-31-26(24)36(33-21)20-14-19(11-12-38-6)35(15-20)27(37)39-28(2,3)4/h8,10,13,16,19-20H,11-12,14-15H2,1-6H3,(H2,29,30,31)/t19-,20?/m0/s1. The number of carbonyl (C=O) groups excluding carboxylic acids is 1. The number of hydrogen-bond acceptors (Lipinski definition) is 8. The maximum absolute atomic E-state index is 13.1. The van der Waals surface area contributed by atoms with Gasteiger partial charge < -0.3 is 24.7 Å². The summed E-state index contributed by atoms with van der Waals surface area (Å²) in [6.07, 6.45) is 2.43. The zero-order valence-electron chi connectivity index (χ0n) is 23.2. The molecule has 204 valence electrons. The van der Waals surface area contributed by atoms with Gasteiger partial charge in [-0.05, 0) is 64.7 Å². The van der Waals surface area contributed by atoms with Gasteiger partial charge in [-0.25, -0.2) is 24.4 Å². The Morgan fingerprint density at radius 2 is 2.03 bits per heavy atom. The first-order valence-corrected chi connectivity index (χ1v) is 13.0. The quantitative estimate of drug-likeness (QED) is 0.397. The van der Waals surface area contributed by atoms with Gasteiger partial charge in [-0.15, -0.1) is 0 Å². The van der Waals surface area contributed by atoms with Crippen LogP contribution in [-0.4, -0.2) is 72.2 Å². The predicted octanol–water partition coefficient (Wildman–Crippen LogP) is 3.59. The number of nitrogens with two attached hydrogens (primary N) is 1. The van der Waals surface area contributed by atoms with Crippen LogP contribution in [0.15, 0.2) is 24.5 Å². The van der Waals surface area contributed by atoms with Crippen molar-refractivity contribution >= 4 is 34.0 Å². The van der Waals surface area contributed by atoms with Crippen molar-refractivity contribution < 1.29 is 14.3 Å². The van der Waals surface area contributed by atoms with E-state index in [0.717, 1.165) is 22.4 Å². The fourth-order valence-corrected chi connectivity index (χ4v) is 5.01. The molecule has 1 amide bonds. The van der Waals surface area contributed by atoms with E-state index in [-0.39, 0.29) is 18.2 Å². The molecule has 1 aliphatic heterocycles. The zero-order valence-corrected chi connectivity index (χ0v) is 23.2. The number of aryl methyl sites for hydroxylation is 2. The molecule has 0 radical (unpaired) electrons. The first-order chi connectivity index (χ1) is 18.6. The SMILES string of the molecule is COCC[C@H]1CC(n2nc(C#Cc3ccc4c(c3)nc(C)n4C)c3c(N)ncnc32)CN1C(=O)OC(C)(C)C. The zero-order chi connectivity index (χ0) is 27.9. The number of hydrogen-bond donors (Lipinski definition) is 1. The molecule has 0 spiro atoms. The molecular weight excluding hydrogens is 496 g/mol. The second-order valence-electron chi connectivity index (χ2n) is 10.9. The highest BCUT2D eigenvalue weighted by atomic mass is 16.6. The summed E-state index contributed by atoms with van der Waals surface area (Å²) in [5.74, 6) is 7.64. The summed E-state index contributed by atoms with van der Waals surface area (Å²) < 4.78 is 14.9. The van der Waals surface area contributed by atoms with Crippen molar-refractivity contribution in [2.45, 2.75) is 58.2 Å². The van der Waals surface area contributed by atoms with Gasteiger partial charge >= 0.3 is 6.09 Å². The summed E-state index contributed by atoms with van der Waals surface area (Å²) >= 11 is 0. The third kappa shape index (κ3) is 5.25. The molecule has 1 unspecified atom stereocenters. The molecule has 1 aromatic carbocycles. The Balaban J connectivity index is 1.50. The second-order valence-corrected chi connectivity index (χ2v) is 10.9. The van der Waals surface area contributed by atoms with Crippen LogP contribution in [0.4, 0.5) is 10.6 Å². The minimum Gasteiger partial charge on any atom is -0.444 e. The Kier molecular flexibility index (Phi) is 6.91. The number of nitrogens with zero attached hydrogens (tertiary/aromatic N) is 7. The molecule has 11 nitrogen and oxygen atoms in total. The highest BCUT2D eigenvalue weighted by molar-refractivity contribution is 5.90. The molecular formula is C28H34N8O3. The van der Waals surface area contributed by atoms with Crippen LogP contribution in [0.5, 0.6) is 0 Å². The monoisotopic (exact) mass is 530 g/mol. The lowest BCUT2D eigenvalue weighted by molar-refractivity contribution is 0.0197.